The van der Waals surface area contributed by atoms with Crippen LogP contribution in [0, 0.1) is 0 Å². The molecule has 1 unspecified atom stereocenters. The molecule has 0 saturated carbocycles. The maximum absolute atomic E-state index is 11.6. The minimum atomic E-state index is -1.12. The Bertz CT molecular complexity index is 469. The van der Waals surface area contributed by atoms with Gasteiger partial charge < -0.3 is 20.6 Å². The van der Waals surface area contributed by atoms with Gasteiger partial charge in [-0.2, -0.15) is 0 Å². The number of aromatic amines is 1. The summed E-state index contributed by atoms with van der Waals surface area (Å²) in [4.78, 5) is 28.6. The van der Waals surface area contributed by atoms with Crippen molar-refractivity contribution in [1.29, 1.82) is 0 Å². The number of aliphatic carboxylic acids is 1. The van der Waals surface area contributed by atoms with Crippen LogP contribution in [0.2, 0.25) is 0 Å². The number of carboxylic acids is 1. The lowest BCUT2D eigenvalue weighted by atomic mass is 10.2. The summed E-state index contributed by atoms with van der Waals surface area (Å²) in [6.45, 7) is 1.82. The molecule has 1 heterocycles. The van der Waals surface area contributed by atoms with Crippen LogP contribution >= 0.6 is 0 Å². The second-order valence-electron chi connectivity index (χ2n) is 3.70. The minimum Gasteiger partial charge on any atom is -0.481 e. The van der Waals surface area contributed by atoms with E-state index in [4.69, 9.17) is 15.6 Å². The first kappa shape index (κ1) is 13.2. The van der Waals surface area contributed by atoms with Crippen molar-refractivity contribution < 1.29 is 14.6 Å². The van der Waals surface area contributed by atoms with E-state index in [2.05, 4.69) is 9.97 Å². The molecule has 1 rings (SSSR count). The highest BCUT2D eigenvalue weighted by Gasteiger charge is 2.13. The summed E-state index contributed by atoms with van der Waals surface area (Å²) in [6.07, 6.45) is -0.139. The molecule has 17 heavy (non-hydrogen) atoms. The number of methoxy groups -OCH3 is 1. The summed E-state index contributed by atoms with van der Waals surface area (Å²) in [6, 6.07) is 0. The van der Waals surface area contributed by atoms with Gasteiger partial charge in [-0.05, 0) is 6.92 Å². The molecular formula is C10H15N3O4. The van der Waals surface area contributed by atoms with E-state index in [1.807, 2.05) is 6.92 Å². The van der Waals surface area contributed by atoms with E-state index in [0.29, 0.717) is 12.2 Å². The highest BCUT2D eigenvalue weighted by atomic mass is 16.5. The van der Waals surface area contributed by atoms with Gasteiger partial charge in [0.2, 0.25) is 0 Å². The number of nitrogen functional groups attached to an aromatic ring is 1. The Morgan fingerprint density at radius 1 is 1.65 bits per heavy atom. The Morgan fingerprint density at radius 3 is 2.76 bits per heavy atom. The summed E-state index contributed by atoms with van der Waals surface area (Å²) < 4.78 is 5.03. The Labute approximate surface area is 97.6 Å². The third-order valence-corrected chi connectivity index (χ3v) is 2.31. The largest absolute Gasteiger partial charge is 0.481 e. The number of nitrogens with one attached hydrogen (secondary N) is 1. The highest BCUT2D eigenvalue weighted by Crippen LogP contribution is 2.06. The molecule has 4 N–H and O–H groups in total. The maximum atomic E-state index is 11.6. The van der Waals surface area contributed by atoms with Gasteiger partial charge in [-0.25, -0.2) is 4.98 Å². The molecule has 0 aliphatic carbocycles. The molecule has 0 saturated heterocycles. The number of nitrogens with zero attached hydrogens (tertiary/aromatic N) is 1. The van der Waals surface area contributed by atoms with Crippen molar-refractivity contribution in [1.82, 2.24) is 9.97 Å². The number of ether oxygens (including phenoxy) is 1. The van der Waals surface area contributed by atoms with Crippen LogP contribution in [0.1, 0.15) is 18.3 Å². The van der Waals surface area contributed by atoms with E-state index in [1.165, 1.54) is 0 Å². The Kier molecular flexibility index (Phi) is 4.22. The minimum absolute atomic E-state index is 0.0219. The first-order chi connectivity index (χ1) is 7.93. The molecule has 1 aromatic rings. The molecule has 0 aliphatic rings. The smallest absolute Gasteiger partial charge is 0.308 e. The standard InChI is InChI=1S/C10H15N3O4/c1-5(17-2)3-7-12-9(11)6(4-8(14)15)10(16)13-7/h5H,3-4H2,1-2H3,(H,14,15)(H3,11,12,13,16). The molecular weight excluding hydrogens is 226 g/mol. The van der Waals surface area contributed by atoms with Gasteiger partial charge in [-0.15, -0.1) is 0 Å². The quantitative estimate of drug-likeness (QED) is 0.643. The van der Waals surface area contributed by atoms with Gasteiger partial charge >= 0.3 is 5.97 Å². The lowest BCUT2D eigenvalue weighted by molar-refractivity contribution is -0.136. The zero-order valence-corrected chi connectivity index (χ0v) is 9.69. The zero-order chi connectivity index (χ0) is 13.0. The number of nitrogens with two attached hydrogens (primary N) is 1. The zero-order valence-electron chi connectivity index (χ0n) is 9.69. The Balaban J connectivity index is 3.01. The van der Waals surface area contributed by atoms with E-state index in [0.717, 1.165) is 0 Å². The highest BCUT2D eigenvalue weighted by molar-refractivity contribution is 5.71. The second-order valence-corrected chi connectivity index (χ2v) is 3.70. The molecule has 0 radical (unpaired) electrons. The number of H-pyrrole nitrogens is 1. The molecule has 7 heteroatoms. The van der Waals surface area contributed by atoms with Gasteiger partial charge in [0, 0.05) is 13.5 Å². The topological polar surface area (TPSA) is 118 Å². The van der Waals surface area contributed by atoms with Crippen molar-refractivity contribution in [2.24, 2.45) is 0 Å². The summed E-state index contributed by atoms with van der Waals surface area (Å²) in [5, 5.41) is 8.61. The first-order valence-corrected chi connectivity index (χ1v) is 5.06. The third-order valence-electron chi connectivity index (χ3n) is 2.31. The van der Waals surface area contributed by atoms with Crippen LogP contribution < -0.4 is 11.3 Å². The van der Waals surface area contributed by atoms with Crippen LogP contribution in [0.15, 0.2) is 4.79 Å². The number of hydrogen-bond acceptors (Lipinski definition) is 5. The van der Waals surface area contributed by atoms with E-state index in [1.54, 1.807) is 7.11 Å². The fraction of sp³-hybridized carbons (Fsp3) is 0.500. The molecule has 0 aliphatic heterocycles. The summed E-state index contributed by atoms with van der Waals surface area (Å²) in [5.74, 6) is -0.785. The van der Waals surface area contributed by atoms with Gasteiger partial charge in [-0.3, -0.25) is 9.59 Å². The van der Waals surface area contributed by atoms with Gasteiger partial charge in [0.05, 0.1) is 18.1 Å². The van der Waals surface area contributed by atoms with Crippen molar-refractivity contribution in [2.45, 2.75) is 25.9 Å². The SMILES string of the molecule is COC(C)Cc1nc(N)c(CC(=O)O)c(=O)[nH]1. The molecule has 94 valence electrons. The van der Waals surface area contributed by atoms with E-state index < -0.39 is 17.9 Å². The molecule has 7 nitrogen and oxygen atoms in total. The van der Waals surface area contributed by atoms with E-state index in [9.17, 15) is 9.59 Å². The molecule has 0 amide bonds. The van der Waals surface area contributed by atoms with E-state index in [-0.39, 0.29) is 17.5 Å². The van der Waals surface area contributed by atoms with Gasteiger partial charge in [-0.1, -0.05) is 0 Å². The van der Waals surface area contributed by atoms with Crippen LogP contribution in [0.3, 0.4) is 0 Å². The normalized spacial score (nSPS) is 12.4. The van der Waals surface area contributed by atoms with E-state index >= 15 is 0 Å². The Hall–Kier alpha value is -1.89. The van der Waals surface area contributed by atoms with Crippen molar-refractivity contribution in [2.75, 3.05) is 12.8 Å². The predicted octanol–water partition coefficient (Wildman–Crippen LogP) is -0.443. The molecule has 1 aromatic heterocycles. The van der Waals surface area contributed by atoms with Crippen LogP contribution in [0.25, 0.3) is 0 Å². The van der Waals surface area contributed by atoms with Crippen LogP contribution in [0.5, 0.6) is 0 Å². The van der Waals surface area contributed by atoms with Crippen molar-refractivity contribution in [3.05, 3.63) is 21.7 Å². The van der Waals surface area contributed by atoms with Crippen LogP contribution in [-0.4, -0.2) is 34.3 Å². The monoisotopic (exact) mass is 241 g/mol. The van der Waals surface area contributed by atoms with Crippen LogP contribution in [-0.2, 0) is 22.4 Å². The van der Waals surface area contributed by atoms with Crippen molar-refractivity contribution in [3.8, 4) is 0 Å². The van der Waals surface area contributed by atoms with Gasteiger partial charge in [0.15, 0.2) is 0 Å². The number of hydrogen-bond donors (Lipinski definition) is 3. The number of carbonyl (C=O) groups is 1. The number of anilines is 1. The number of carboxylic acid groups (broad SMARTS) is 1. The fourth-order valence-corrected chi connectivity index (χ4v) is 1.34. The molecule has 0 fully saturated rings. The lowest BCUT2D eigenvalue weighted by Gasteiger charge is -2.09. The number of rotatable bonds is 5. The van der Waals surface area contributed by atoms with Gasteiger partial charge in [0.1, 0.15) is 11.6 Å². The lowest BCUT2D eigenvalue weighted by Crippen LogP contribution is -2.24. The average Bonchev–Trinajstić information content (AvgIpc) is 2.23. The number of aromatic nitrogens is 2. The molecule has 1 atom stereocenters. The van der Waals surface area contributed by atoms with Crippen LogP contribution in [0.4, 0.5) is 5.82 Å². The summed E-state index contributed by atoms with van der Waals surface area (Å²) in [5.41, 5.74) is 5.01. The Morgan fingerprint density at radius 2 is 2.29 bits per heavy atom. The molecule has 0 aromatic carbocycles. The van der Waals surface area contributed by atoms with Crippen molar-refractivity contribution >= 4 is 11.8 Å². The maximum Gasteiger partial charge on any atom is 0.308 e. The summed E-state index contributed by atoms with van der Waals surface area (Å²) >= 11 is 0. The summed E-state index contributed by atoms with van der Waals surface area (Å²) in [7, 11) is 1.55. The first-order valence-electron chi connectivity index (χ1n) is 5.06. The molecule has 0 spiro atoms. The average molecular weight is 241 g/mol. The molecule has 0 bridgehead atoms. The predicted molar refractivity (Wildman–Crippen MR) is 60.8 cm³/mol. The second kappa shape index (κ2) is 5.44. The fourth-order valence-electron chi connectivity index (χ4n) is 1.34. The third kappa shape index (κ3) is 3.56. The van der Waals surface area contributed by atoms with Gasteiger partial charge in [0.25, 0.3) is 5.56 Å². The van der Waals surface area contributed by atoms with Crippen molar-refractivity contribution in [3.63, 3.8) is 0 Å².